The number of H-pyrrole nitrogens is 2. The van der Waals surface area contributed by atoms with Gasteiger partial charge in [0.1, 0.15) is 0 Å². The number of allylic oxidation sites excluding steroid dienone is 4. The van der Waals surface area contributed by atoms with Crippen LogP contribution >= 0.6 is 0 Å². The number of aromatic nitrogens is 4. The van der Waals surface area contributed by atoms with Gasteiger partial charge in [0.2, 0.25) is 0 Å². The fraction of sp³-hybridized carbons (Fsp3) is 0.615. The molecular formula is C52H70N4. The number of hydrogen-bond donors (Lipinski definition) is 2. The first-order valence-electron chi connectivity index (χ1n) is 22.3. The van der Waals surface area contributed by atoms with Crippen LogP contribution in [0.4, 0.5) is 0 Å². The fourth-order valence-corrected chi connectivity index (χ4v) is 12.4. The molecule has 298 valence electrons. The molecular weight excluding hydrogens is 681 g/mol. The fourth-order valence-electron chi connectivity index (χ4n) is 12.4. The van der Waals surface area contributed by atoms with E-state index in [4.69, 9.17) is 9.97 Å². The number of rotatable bonds is 0. The van der Waals surface area contributed by atoms with E-state index in [1.54, 1.807) is 0 Å². The Kier molecular flexibility index (Phi) is 8.22. The molecule has 0 radical (unpaired) electrons. The van der Waals surface area contributed by atoms with Crippen LogP contribution < -0.4 is 0 Å². The van der Waals surface area contributed by atoms with E-state index in [1.165, 1.54) is 112 Å². The summed E-state index contributed by atoms with van der Waals surface area (Å²) in [5.74, 6) is 2.14. The normalized spacial score (nSPS) is 23.7. The molecule has 2 N–H and O–H groups in total. The molecule has 2 aliphatic heterocycles. The zero-order chi connectivity index (χ0) is 40.3. The highest BCUT2D eigenvalue weighted by Crippen LogP contribution is 2.55. The minimum atomic E-state index is -0.0452. The lowest BCUT2D eigenvalue weighted by Crippen LogP contribution is -2.20. The molecule has 0 saturated heterocycles. The predicted octanol–water partition coefficient (Wildman–Crippen LogP) is 13.5. The largest absolute Gasteiger partial charge is 0.354 e. The Hall–Kier alpha value is -3.40. The van der Waals surface area contributed by atoms with Crippen molar-refractivity contribution in [3.63, 3.8) is 0 Å². The van der Waals surface area contributed by atoms with Crippen molar-refractivity contribution in [3.05, 3.63) is 67.3 Å². The van der Waals surface area contributed by atoms with Crippen LogP contribution in [0.2, 0.25) is 0 Å². The van der Waals surface area contributed by atoms with E-state index in [-0.39, 0.29) is 21.7 Å². The Morgan fingerprint density at radius 2 is 0.643 bits per heavy atom. The number of hydrogen-bond acceptors (Lipinski definition) is 2. The Labute approximate surface area is 337 Å². The molecule has 3 aromatic heterocycles. The molecule has 3 aromatic rings. The molecule has 6 aliphatic rings. The minimum absolute atomic E-state index is 0.0330. The average molecular weight is 751 g/mol. The third-order valence-corrected chi connectivity index (χ3v) is 14.1. The van der Waals surface area contributed by atoms with E-state index in [0.717, 1.165) is 51.4 Å². The molecule has 0 aromatic carbocycles. The Balaban J connectivity index is 1.62. The predicted molar refractivity (Wildman–Crippen MR) is 239 cm³/mol. The van der Waals surface area contributed by atoms with Gasteiger partial charge in [0.25, 0.3) is 0 Å². The molecule has 4 unspecified atom stereocenters. The highest BCUT2D eigenvalue weighted by atomic mass is 14.8. The number of nitrogens with zero attached hydrogens (tertiary/aromatic N) is 2. The molecule has 0 fully saturated rings. The van der Waals surface area contributed by atoms with E-state index < -0.39 is 0 Å². The SMILES string of the molecule is CC1Cc2c3nc4c(c5[nH]c6c(c7nc8c(c9[nH]c2c(c9C(C)(C)C)C1)CC(C)CC8=C7C(C)(C)C)CC(C)Cc6c5C(C)(C)C)CC(C)CC4=C3C(C)(C)C. The summed E-state index contributed by atoms with van der Waals surface area (Å²) in [5.41, 5.74) is 28.2. The number of aromatic amines is 2. The molecule has 0 saturated carbocycles. The first-order chi connectivity index (χ1) is 25.9. The van der Waals surface area contributed by atoms with Crippen molar-refractivity contribution in [2.45, 2.75) is 173 Å². The molecule has 5 heterocycles. The Morgan fingerprint density at radius 3 is 0.946 bits per heavy atom. The van der Waals surface area contributed by atoms with Crippen molar-refractivity contribution < 1.29 is 0 Å². The summed E-state index contributed by atoms with van der Waals surface area (Å²) >= 11 is 0. The average Bonchev–Trinajstić information content (AvgIpc) is 3.81. The van der Waals surface area contributed by atoms with Crippen molar-refractivity contribution in [3.8, 4) is 0 Å². The van der Waals surface area contributed by atoms with Crippen LogP contribution in [-0.4, -0.2) is 19.9 Å². The molecule has 4 nitrogen and oxygen atoms in total. The van der Waals surface area contributed by atoms with Gasteiger partial charge in [-0.05, 0) is 141 Å². The second-order valence-electron chi connectivity index (χ2n) is 23.8. The summed E-state index contributed by atoms with van der Waals surface area (Å²) in [4.78, 5) is 20.6. The molecule has 4 atom stereocenters. The molecule has 0 amide bonds. The molecule has 8 bridgehead atoms. The van der Waals surface area contributed by atoms with Crippen LogP contribution in [-0.2, 0) is 49.4 Å². The van der Waals surface area contributed by atoms with Gasteiger partial charge in [0.15, 0.2) is 0 Å². The van der Waals surface area contributed by atoms with Gasteiger partial charge in [-0.1, -0.05) is 111 Å². The maximum Gasteiger partial charge on any atom is 0.0730 e. The summed E-state index contributed by atoms with van der Waals surface area (Å²) in [7, 11) is 0. The van der Waals surface area contributed by atoms with Gasteiger partial charge in [-0.25, -0.2) is 9.97 Å². The highest BCUT2D eigenvalue weighted by molar-refractivity contribution is 6.02. The van der Waals surface area contributed by atoms with Crippen LogP contribution in [0.25, 0.3) is 44.4 Å². The van der Waals surface area contributed by atoms with Crippen LogP contribution in [0.15, 0.2) is 0 Å². The summed E-state index contributed by atoms with van der Waals surface area (Å²) in [6, 6.07) is 0. The standard InChI is InChI=1S/C52H70N4/c1-25-17-29-37(49(5,6)7)46-34-22-27(3)19-31-39(51(11,12)13)48(55-43(31)34)36-24-28(4)20-32-40(52(14,15)16)47(56-44(32)36)35-23-26(2)18-30-38(50(8,9)10)45(54-42(30)35)33(21-25)41(29)53-46/h25-28,53,56H,17-24H2,1-16H3. The molecule has 56 heavy (non-hydrogen) atoms. The van der Waals surface area contributed by atoms with Crippen molar-refractivity contribution in [1.82, 2.24) is 19.9 Å². The summed E-state index contributed by atoms with van der Waals surface area (Å²) in [6.07, 6.45) is 8.56. The van der Waals surface area contributed by atoms with Gasteiger partial charge in [0, 0.05) is 44.3 Å². The third kappa shape index (κ3) is 5.64. The quantitative estimate of drug-likeness (QED) is 0.240. The van der Waals surface area contributed by atoms with Gasteiger partial charge in [-0.2, -0.15) is 0 Å². The maximum atomic E-state index is 5.99. The summed E-state index contributed by atoms with van der Waals surface area (Å²) in [5, 5.41) is 0. The van der Waals surface area contributed by atoms with E-state index >= 15 is 0 Å². The lowest BCUT2D eigenvalue weighted by Gasteiger charge is -2.30. The second-order valence-corrected chi connectivity index (χ2v) is 23.8. The van der Waals surface area contributed by atoms with E-state index in [9.17, 15) is 0 Å². The summed E-state index contributed by atoms with van der Waals surface area (Å²) < 4.78 is 0. The van der Waals surface area contributed by atoms with Crippen molar-refractivity contribution in [2.24, 2.45) is 34.5 Å². The smallest absolute Gasteiger partial charge is 0.0730 e. The monoisotopic (exact) mass is 751 g/mol. The summed E-state index contributed by atoms with van der Waals surface area (Å²) in [6.45, 7) is 39.2. The van der Waals surface area contributed by atoms with Gasteiger partial charge < -0.3 is 9.97 Å². The van der Waals surface area contributed by atoms with E-state index in [1.807, 2.05) is 0 Å². The van der Waals surface area contributed by atoms with Crippen LogP contribution in [0.5, 0.6) is 0 Å². The Morgan fingerprint density at radius 1 is 0.357 bits per heavy atom. The van der Waals surface area contributed by atoms with Gasteiger partial charge in [-0.15, -0.1) is 0 Å². The zero-order valence-electron chi connectivity index (χ0n) is 37.9. The topological polar surface area (TPSA) is 57.4 Å². The number of fused-ring (bicyclic) bond motifs is 8. The molecule has 4 aliphatic carbocycles. The van der Waals surface area contributed by atoms with Crippen molar-refractivity contribution in [1.29, 1.82) is 0 Å². The second kappa shape index (κ2) is 12.1. The maximum absolute atomic E-state index is 5.99. The Bertz CT molecular complexity index is 2290. The highest BCUT2D eigenvalue weighted by Gasteiger charge is 2.42. The lowest BCUT2D eigenvalue weighted by molar-refractivity contribution is 0.536. The number of nitrogens with one attached hydrogen (secondary N) is 2. The first-order valence-corrected chi connectivity index (χ1v) is 22.3. The molecule has 4 heteroatoms. The van der Waals surface area contributed by atoms with Gasteiger partial charge in [-0.3, -0.25) is 0 Å². The van der Waals surface area contributed by atoms with Crippen molar-refractivity contribution >= 4 is 44.4 Å². The van der Waals surface area contributed by atoms with Crippen LogP contribution in [0.1, 0.15) is 191 Å². The first kappa shape index (κ1) is 38.1. The molecule has 9 rings (SSSR count). The molecule has 0 spiro atoms. The van der Waals surface area contributed by atoms with Crippen LogP contribution in [0.3, 0.4) is 0 Å². The van der Waals surface area contributed by atoms with E-state index in [0.29, 0.717) is 23.7 Å². The van der Waals surface area contributed by atoms with Crippen molar-refractivity contribution in [2.75, 3.05) is 0 Å². The third-order valence-electron chi connectivity index (χ3n) is 14.1. The zero-order valence-corrected chi connectivity index (χ0v) is 37.9. The van der Waals surface area contributed by atoms with E-state index in [2.05, 4.69) is 121 Å². The minimum Gasteiger partial charge on any atom is -0.354 e. The van der Waals surface area contributed by atoms with Gasteiger partial charge >= 0.3 is 0 Å². The van der Waals surface area contributed by atoms with Gasteiger partial charge in [0.05, 0.1) is 22.8 Å². The van der Waals surface area contributed by atoms with Crippen LogP contribution in [0, 0.1) is 34.5 Å². The lowest BCUT2D eigenvalue weighted by atomic mass is 9.72.